The fourth-order valence-electron chi connectivity index (χ4n) is 2.63. The van der Waals surface area contributed by atoms with Gasteiger partial charge in [-0.2, -0.15) is 0 Å². The van der Waals surface area contributed by atoms with E-state index in [1.807, 2.05) is 0 Å². The summed E-state index contributed by atoms with van der Waals surface area (Å²) in [6.07, 6.45) is 6.50. The molecule has 2 fully saturated rings. The van der Waals surface area contributed by atoms with Gasteiger partial charge in [0.15, 0.2) is 0 Å². The van der Waals surface area contributed by atoms with Crippen LogP contribution in [0.2, 0.25) is 0 Å². The molecule has 1 aliphatic heterocycles. The summed E-state index contributed by atoms with van der Waals surface area (Å²) in [7, 11) is 0. The van der Waals surface area contributed by atoms with E-state index in [1.165, 1.54) is 38.6 Å². The Labute approximate surface area is 81.5 Å². The van der Waals surface area contributed by atoms with Crippen LogP contribution in [-0.4, -0.2) is 29.1 Å². The number of hydrogen-bond donors (Lipinski definition) is 1. The van der Waals surface area contributed by atoms with E-state index in [9.17, 15) is 0 Å². The first-order chi connectivity index (χ1) is 6.02. The summed E-state index contributed by atoms with van der Waals surface area (Å²) < 4.78 is 0. The minimum Gasteiger partial charge on any atom is -0.324 e. The zero-order chi connectivity index (χ0) is 9.53. The van der Waals surface area contributed by atoms with Gasteiger partial charge in [0, 0.05) is 17.6 Å². The molecule has 0 aromatic heterocycles. The number of hydrogen-bond acceptors (Lipinski definition) is 2. The maximum atomic E-state index is 6.26. The molecule has 0 bridgehead atoms. The first-order valence-electron chi connectivity index (χ1n) is 5.56. The van der Waals surface area contributed by atoms with E-state index in [2.05, 4.69) is 18.7 Å². The molecule has 2 heteroatoms. The van der Waals surface area contributed by atoms with Crippen LogP contribution in [0.3, 0.4) is 0 Å². The van der Waals surface area contributed by atoms with E-state index in [1.54, 1.807) is 0 Å². The molecule has 1 aliphatic carbocycles. The molecule has 0 spiro atoms. The van der Waals surface area contributed by atoms with Gasteiger partial charge >= 0.3 is 0 Å². The van der Waals surface area contributed by atoms with Crippen LogP contribution in [0.4, 0.5) is 0 Å². The molecule has 2 aliphatic rings. The minimum atomic E-state index is 0.168. The molecule has 76 valence electrons. The lowest BCUT2D eigenvalue weighted by atomic mass is 9.77. The van der Waals surface area contributed by atoms with Crippen molar-refractivity contribution < 1.29 is 0 Å². The molecule has 1 saturated carbocycles. The Morgan fingerprint density at radius 2 is 1.85 bits per heavy atom. The minimum absolute atomic E-state index is 0.168. The third-order valence-corrected chi connectivity index (χ3v) is 3.93. The van der Waals surface area contributed by atoms with E-state index in [0.29, 0.717) is 5.54 Å². The van der Waals surface area contributed by atoms with Crippen LogP contribution in [0.1, 0.15) is 46.0 Å². The van der Waals surface area contributed by atoms with Crippen molar-refractivity contribution in [2.75, 3.05) is 13.1 Å². The van der Waals surface area contributed by atoms with Crippen LogP contribution in [0.5, 0.6) is 0 Å². The maximum absolute atomic E-state index is 6.26. The average molecular weight is 182 g/mol. The third kappa shape index (κ3) is 1.75. The lowest BCUT2D eigenvalue weighted by Crippen LogP contribution is -2.57. The number of nitrogens with two attached hydrogens (primary N) is 1. The first kappa shape index (κ1) is 9.47. The SMILES string of the molecule is CC1(C)CCCN1CC1(N)CCC1. The Kier molecular flexibility index (Phi) is 2.16. The Bertz CT molecular complexity index is 194. The molecule has 0 amide bonds. The molecule has 1 saturated heterocycles. The van der Waals surface area contributed by atoms with Crippen LogP contribution in [0.25, 0.3) is 0 Å². The summed E-state index contributed by atoms with van der Waals surface area (Å²) >= 11 is 0. The molecule has 0 unspecified atom stereocenters. The molecule has 2 nitrogen and oxygen atoms in total. The van der Waals surface area contributed by atoms with Gasteiger partial charge in [0.1, 0.15) is 0 Å². The molecule has 2 rings (SSSR count). The van der Waals surface area contributed by atoms with Crippen molar-refractivity contribution in [3.05, 3.63) is 0 Å². The highest BCUT2D eigenvalue weighted by Crippen LogP contribution is 2.35. The van der Waals surface area contributed by atoms with Crippen molar-refractivity contribution in [1.29, 1.82) is 0 Å². The monoisotopic (exact) mass is 182 g/mol. The molecular weight excluding hydrogens is 160 g/mol. The summed E-state index contributed by atoms with van der Waals surface area (Å²) in [6, 6.07) is 0. The molecule has 0 aromatic carbocycles. The predicted octanol–water partition coefficient (Wildman–Crippen LogP) is 1.74. The van der Waals surface area contributed by atoms with Crippen molar-refractivity contribution in [3.63, 3.8) is 0 Å². The molecular formula is C11H22N2. The van der Waals surface area contributed by atoms with Crippen LogP contribution < -0.4 is 5.73 Å². The second kappa shape index (κ2) is 2.96. The second-order valence-corrected chi connectivity index (χ2v) is 5.55. The van der Waals surface area contributed by atoms with Crippen LogP contribution in [0.15, 0.2) is 0 Å². The van der Waals surface area contributed by atoms with Gasteiger partial charge in [0.2, 0.25) is 0 Å². The number of rotatable bonds is 2. The van der Waals surface area contributed by atoms with Gasteiger partial charge in [0.25, 0.3) is 0 Å². The van der Waals surface area contributed by atoms with Crippen molar-refractivity contribution in [2.45, 2.75) is 57.0 Å². The average Bonchev–Trinajstić information content (AvgIpc) is 2.28. The Hall–Kier alpha value is -0.0800. The highest BCUT2D eigenvalue weighted by molar-refractivity contribution is 4.99. The van der Waals surface area contributed by atoms with Gasteiger partial charge in [-0.25, -0.2) is 0 Å². The van der Waals surface area contributed by atoms with E-state index in [-0.39, 0.29) is 5.54 Å². The summed E-state index contributed by atoms with van der Waals surface area (Å²) in [5, 5.41) is 0. The summed E-state index contributed by atoms with van der Waals surface area (Å²) in [5.41, 5.74) is 6.84. The predicted molar refractivity (Wildman–Crippen MR) is 55.7 cm³/mol. The largest absolute Gasteiger partial charge is 0.324 e. The fourth-order valence-corrected chi connectivity index (χ4v) is 2.63. The topological polar surface area (TPSA) is 29.3 Å². The van der Waals surface area contributed by atoms with E-state index >= 15 is 0 Å². The normalized spacial score (nSPS) is 31.6. The summed E-state index contributed by atoms with van der Waals surface area (Å²) in [5.74, 6) is 0. The zero-order valence-corrected chi connectivity index (χ0v) is 8.97. The van der Waals surface area contributed by atoms with Crippen molar-refractivity contribution >= 4 is 0 Å². The van der Waals surface area contributed by atoms with Crippen LogP contribution >= 0.6 is 0 Å². The number of likely N-dealkylation sites (tertiary alicyclic amines) is 1. The second-order valence-electron chi connectivity index (χ2n) is 5.55. The summed E-state index contributed by atoms with van der Waals surface area (Å²) in [6.45, 7) is 7.08. The lowest BCUT2D eigenvalue weighted by Gasteiger charge is -2.44. The molecule has 13 heavy (non-hydrogen) atoms. The quantitative estimate of drug-likeness (QED) is 0.705. The Morgan fingerprint density at radius 3 is 2.23 bits per heavy atom. The zero-order valence-electron chi connectivity index (χ0n) is 8.97. The van der Waals surface area contributed by atoms with Gasteiger partial charge in [0.05, 0.1) is 0 Å². The molecule has 0 atom stereocenters. The smallest absolute Gasteiger partial charge is 0.0283 e. The highest BCUT2D eigenvalue weighted by atomic mass is 15.2. The molecule has 2 N–H and O–H groups in total. The van der Waals surface area contributed by atoms with Gasteiger partial charge in [-0.1, -0.05) is 0 Å². The van der Waals surface area contributed by atoms with Crippen molar-refractivity contribution in [2.24, 2.45) is 5.73 Å². The Morgan fingerprint density at radius 1 is 1.15 bits per heavy atom. The van der Waals surface area contributed by atoms with Gasteiger partial charge in [-0.15, -0.1) is 0 Å². The Balaban J connectivity index is 1.94. The van der Waals surface area contributed by atoms with E-state index < -0.39 is 0 Å². The standard InChI is InChI=1S/C11H22N2/c1-10(2)5-4-8-13(10)9-11(12)6-3-7-11/h3-9,12H2,1-2H3. The maximum Gasteiger partial charge on any atom is 0.0283 e. The fraction of sp³-hybridized carbons (Fsp3) is 1.00. The van der Waals surface area contributed by atoms with E-state index in [0.717, 1.165) is 6.54 Å². The lowest BCUT2D eigenvalue weighted by molar-refractivity contribution is 0.0967. The third-order valence-electron chi connectivity index (χ3n) is 3.93. The van der Waals surface area contributed by atoms with Gasteiger partial charge in [-0.3, -0.25) is 4.90 Å². The van der Waals surface area contributed by atoms with Gasteiger partial charge < -0.3 is 5.73 Å². The van der Waals surface area contributed by atoms with Crippen molar-refractivity contribution in [1.82, 2.24) is 4.90 Å². The van der Waals surface area contributed by atoms with Crippen LogP contribution in [-0.2, 0) is 0 Å². The molecule has 1 heterocycles. The van der Waals surface area contributed by atoms with Gasteiger partial charge in [-0.05, 0) is 52.5 Å². The number of nitrogens with zero attached hydrogens (tertiary/aromatic N) is 1. The van der Waals surface area contributed by atoms with E-state index in [4.69, 9.17) is 5.73 Å². The summed E-state index contributed by atoms with van der Waals surface area (Å²) in [4.78, 5) is 2.59. The van der Waals surface area contributed by atoms with Crippen molar-refractivity contribution in [3.8, 4) is 0 Å². The first-order valence-corrected chi connectivity index (χ1v) is 5.56. The highest BCUT2D eigenvalue weighted by Gasteiger charge is 2.40. The molecule has 0 aromatic rings. The molecule has 0 radical (unpaired) electrons. The van der Waals surface area contributed by atoms with Crippen LogP contribution in [0, 0.1) is 0 Å².